The fourth-order valence-electron chi connectivity index (χ4n) is 2.95. The zero-order valence-corrected chi connectivity index (χ0v) is 13.4. The van der Waals surface area contributed by atoms with Gasteiger partial charge in [-0.25, -0.2) is 4.79 Å². The van der Waals surface area contributed by atoms with Gasteiger partial charge in [-0.2, -0.15) is 11.8 Å². The molecule has 1 aromatic heterocycles. The van der Waals surface area contributed by atoms with Crippen LogP contribution in [-0.4, -0.2) is 35.0 Å². The molecule has 4 nitrogen and oxygen atoms in total. The van der Waals surface area contributed by atoms with Crippen molar-refractivity contribution in [2.45, 2.75) is 44.7 Å². The van der Waals surface area contributed by atoms with Crippen LogP contribution in [0.1, 0.15) is 44.4 Å². The van der Waals surface area contributed by atoms with E-state index in [0.29, 0.717) is 12.0 Å². The molecule has 1 saturated heterocycles. The number of urea groups is 1. The highest BCUT2D eigenvalue weighted by Gasteiger charge is 2.37. The second-order valence-corrected chi connectivity index (χ2v) is 7.30. The molecular weight excluding hydrogens is 284 g/mol. The number of amides is 2. The molecule has 1 aromatic rings. The minimum absolute atomic E-state index is 0.00871. The normalized spacial score (nSPS) is 21.0. The number of nitrogens with one attached hydrogen (secondary N) is 1. The molecule has 1 aliphatic carbocycles. The van der Waals surface area contributed by atoms with E-state index in [4.69, 9.17) is 4.42 Å². The molecule has 0 aromatic carbocycles. The van der Waals surface area contributed by atoms with Gasteiger partial charge in [-0.05, 0) is 62.2 Å². The molecule has 2 aliphatic rings. The van der Waals surface area contributed by atoms with Crippen molar-refractivity contribution in [1.29, 1.82) is 0 Å². The highest BCUT2D eigenvalue weighted by Crippen LogP contribution is 2.34. The minimum Gasteiger partial charge on any atom is -0.467 e. The Kier molecular flexibility index (Phi) is 4.78. The molecule has 0 unspecified atom stereocenters. The average molecular weight is 308 g/mol. The number of thioether (sulfide) groups is 1. The van der Waals surface area contributed by atoms with Gasteiger partial charge in [-0.15, -0.1) is 0 Å². The van der Waals surface area contributed by atoms with Crippen LogP contribution in [0.3, 0.4) is 0 Å². The van der Waals surface area contributed by atoms with Gasteiger partial charge in [0.25, 0.3) is 0 Å². The molecule has 2 fully saturated rings. The number of carbonyl (C=O) groups excluding carboxylic acids is 1. The van der Waals surface area contributed by atoms with Crippen molar-refractivity contribution in [1.82, 2.24) is 10.2 Å². The van der Waals surface area contributed by atoms with Crippen molar-refractivity contribution in [2.75, 3.05) is 18.1 Å². The molecule has 116 valence electrons. The van der Waals surface area contributed by atoms with E-state index in [-0.39, 0.29) is 12.1 Å². The third-order valence-corrected chi connectivity index (χ3v) is 5.48. The third kappa shape index (κ3) is 3.76. The Labute approximate surface area is 130 Å². The van der Waals surface area contributed by atoms with Crippen LogP contribution in [0.15, 0.2) is 22.8 Å². The van der Waals surface area contributed by atoms with Crippen LogP contribution in [0.25, 0.3) is 0 Å². The summed E-state index contributed by atoms with van der Waals surface area (Å²) < 4.78 is 5.47. The van der Waals surface area contributed by atoms with Crippen molar-refractivity contribution in [3.63, 3.8) is 0 Å². The first-order chi connectivity index (χ1) is 10.3. The number of furan rings is 1. The Bertz CT molecular complexity index is 453. The number of carbonyl (C=O) groups is 1. The first kappa shape index (κ1) is 14.8. The van der Waals surface area contributed by atoms with E-state index in [1.165, 1.54) is 24.3 Å². The lowest BCUT2D eigenvalue weighted by Crippen LogP contribution is -2.44. The summed E-state index contributed by atoms with van der Waals surface area (Å²) in [6.07, 6.45) is 6.34. The lowest BCUT2D eigenvalue weighted by Gasteiger charge is -2.29. The maximum Gasteiger partial charge on any atom is 0.318 e. The fraction of sp³-hybridized carbons (Fsp3) is 0.688. The molecule has 0 spiro atoms. The Morgan fingerprint density at radius 1 is 1.43 bits per heavy atom. The SMILES string of the molecule is C[C@@H](c1ccco1)N(C(=O)NCC1CCSCC1)C1CC1. The molecular formula is C16H24N2O2S. The molecule has 1 atom stereocenters. The van der Waals surface area contributed by atoms with Crippen molar-refractivity contribution in [3.05, 3.63) is 24.2 Å². The van der Waals surface area contributed by atoms with Crippen LogP contribution in [0.4, 0.5) is 4.79 Å². The Morgan fingerprint density at radius 3 is 2.81 bits per heavy atom. The van der Waals surface area contributed by atoms with Crippen LogP contribution >= 0.6 is 11.8 Å². The van der Waals surface area contributed by atoms with Crippen molar-refractivity contribution in [3.8, 4) is 0 Å². The smallest absolute Gasteiger partial charge is 0.318 e. The minimum atomic E-state index is 0.00871. The van der Waals surface area contributed by atoms with Gasteiger partial charge in [-0.1, -0.05) is 0 Å². The Morgan fingerprint density at radius 2 is 2.19 bits per heavy atom. The number of nitrogens with zero attached hydrogens (tertiary/aromatic N) is 1. The largest absolute Gasteiger partial charge is 0.467 e. The molecule has 21 heavy (non-hydrogen) atoms. The van der Waals surface area contributed by atoms with Gasteiger partial charge in [0.1, 0.15) is 5.76 Å². The summed E-state index contributed by atoms with van der Waals surface area (Å²) in [5.74, 6) is 3.98. The molecule has 2 amide bonds. The molecule has 1 N–H and O–H groups in total. The van der Waals surface area contributed by atoms with E-state index in [1.54, 1.807) is 6.26 Å². The van der Waals surface area contributed by atoms with Gasteiger partial charge in [-0.3, -0.25) is 0 Å². The van der Waals surface area contributed by atoms with Gasteiger partial charge < -0.3 is 14.6 Å². The maximum absolute atomic E-state index is 12.6. The zero-order chi connectivity index (χ0) is 14.7. The maximum atomic E-state index is 12.6. The van der Waals surface area contributed by atoms with Crippen LogP contribution in [0.5, 0.6) is 0 Å². The first-order valence-electron chi connectivity index (χ1n) is 7.93. The lowest BCUT2D eigenvalue weighted by atomic mass is 10.0. The molecule has 0 bridgehead atoms. The van der Waals surface area contributed by atoms with E-state index in [9.17, 15) is 4.79 Å². The highest BCUT2D eigenvalue weighted by molar-refractivity contribution is 7.99. The quantitative estimate of drug-likeness (QED) is 0.903. The number of rotatable bonds is 5. The van der Waals surface area contributed by atoms with E-state index >= 15 is 0 Å². The highest BCUT2D eigenvalue weighted by atomic mass is 32.2. The van der Waals surface area contributed by atoms with Crippen LogP contribution < -0.4 is 5.32 Å². The summed E-state index contributed by atoms with van der Waals surface area (Å²) in [6, 6.07) is 4.29. The molecule has 1 aliphatic heterocycles. The first-order valence-corrected chi connectivity index (χ1v) is 9.08. The summed E-state index contributed by atoms with van der Waals surface area (Å²) >= 11 is 2.02. The van der Waals surface area contributed by atoms with Gasteiger partial charge in [0.15, 0.2) is 0 Å². The second-order valence-electron chi connectivity index (χ2n) is 6.07. The van der Waals surface area contributed by atoms with E-state index < -0.39 is 0 Å². The van der Waals surface area contributed by atoms with E-state index in [2.05, 4.69) is 5.32 Å². The summed E-state index contributed by atoms with van der Waals surface area (Å²) in [5.41, 5.74) is 0. The summed E-state index contributed by atoms with van der Waals surface area (Å²) in [7, 11) is 0. The van der Waals surface area contributed by atoms with Gasteiger partial charge in [0.2, 0.25) is 0 Å². The molecule has 3 rings (SSSR count). The molecule has 2 heterocycles. The summed E-state index contributed by atoms with van der Waals surface area (Å²) in [6.45, 7) is 2.86. The topological polar surface area (TPSA) is 45.5 Å². The van der Waals surface area contributed by atoms with Crippen LogP contribution in [0, 0.1) is 5.92 Å². The Hall–Kier alpha value is -1.10. The van der Waals surface area contributed by atoms with E-state index in [0.717, 1.165) is 25.1 Å². The van der Waals surface area contributed by atoms with Gasteiger partial charge in [0.05, 0.1) is 12.3 Å². The van der Waals surface area contributed by atoms with Gasteiger partial charge >= 0.3 is 6.03 Å². The summed E-state index contributed by atoms with van der Waals surface area (Å²) in [5, 5.41) is 3.15. The third-order valence-electron chi connectivity index (χ3n) is 4.43. The zero-order valence-electron chi connectivity index (χ0n) is 12.6. The number of hydrogen-bond acceptors (Lipinski definition) is 3. The molecule has 0 radical (unpaired) electrons. The average Bonchev–Trinajstić information content (AvgIpc) is 3.18. The van der Waals surface area contributed by atoms with Crippen molar-refractivity contribution < 1.29 is 9.21 Å². The molecule has 1 saturated carbocycles. The predicted molar refractivity (Wildman–Crippen MR) is 85.4 cm³/mol. The summed E-state index contributed by atoms with van der Waals surface area (Å²) in [4.78, 5) is 14.5. The predicted octanol–water partition coefficient (Wildman–Crippen LogP) is 3.66. The standard InChI is InChI=1S/C16H24N2O2S/c1-12(15-3-2-8-20-15)18(14-4-5-14)16(19)17-11-13-6-9-21-10-7-13/h2-3,8,12-14H,4-7,9-11H2,1H3,(H,17,19)/t12-/m0/s1. The van der Waals surface area contributed by atoms with Crippen LogP contribution in [0.2, 0.25) is 0 Å². The Balaban J connectivity index is 1.57. The number of hydrogen-bond donors (Lipinski definition) is 1. The lowest BCUT2D eigenvalue weighted by molar-refractivity contribution is 0.164. The van der Waals surface area contributed by atoms with E-state index in [1.807, 2.05) is 35.7 Å². The van der Waals surface area contributed by atoms with Gasteiger partial charge in [0, 0.05) is 12.6 Å². The van der Waals surface area contributed by atoms with Crippen LogP contribution in [-0.2, 0) is 0 Å². The van der Waals surface area contributed by atoms with Crippen molar-refractivity contribution in [2.24, 2.45) is 5.92 Å². The second kappa shape index (κ2) is 6.77. The van der Waals surface area contributed by atoms with Crippen molar-refractivity contribution >= 4 is 17.8 Å². The fourth-order valence-corrected chi connectivity index (χ4v) is 4.15. The monoisotopic (exact) mass is 308 g/mol. The molecule has 5 heteroatoms.